The first kappa shape index (κ1) is 23.2. The largest absolute Gasteiger partial charge is 0.330 e. The van der Waals surface area contributed by atoms with Gasteiger partial charge in [-0.1, -0.05) is 73.2 Å². The van der Waals surface area contributed by atoms with E-state index in [1.165, 1.54) is 0 Å². The second-order valence-corrected chi connectivity index (χ2v) is 10.5. The number of sulfonamides is 1. The molecule has 0 spiro atoms. The highest BCUT2D eigenvalue weighted by Crippen LogP contribution is 2.25. The van der Waals surface area contributed by atoms with E-state index in [0.717, 1.165) is 30.4 Å². The second-order valence-electron chi connectivity index (χ2n) is 8.58. The van der Waals surface area contributed by atoms with E-state index in [4.69, 9.17) is 0 Å². The van der Waals surface area contributed by atoms with E-state index in [9.17, 15) is 13.2 Å². The van der Waals surface area contributed by atoms with Gasteiger partial charge in [-0.05, 0) is 48.6 Å². The molecule has 0 unspecified atom stereocenters. The highest BCUT2D eigenvalue weighted by atomic mass is 32.2. The molecule has 0 atom stereocenters. The first-order valence-corrected chi connectivity index (χ1v) is 12.9. The smallest absolute Gasteiger partial charge is 0.254 e. The third kappa shape index (κ3) is 5.52. The SMILES string of the molecule is Cc1ccc(C(=O)N(Cc2ccccc2)Cc2ccccc2)cc1S(=O)(=O)N1CCCCC1. The van der Waals surface area contributed by atoms with Crippen LogP contribution in [0.3, 0.4) is 0 Å². The molecule has 1 aliphatic rings. The fourth-order valence-electron chi connectivity index (χ4n) is 4.25. The van der Waals surface area contributed by atoms with Crippen molar-refractivity contribution in [2.45, 2.75) is 44.2 Å². The fraction of sp³-hybridized carbons (Fsp3) is 0.296. The average Bonchev–Trinajstić information content (AvgIpc) is 2.85. The number of piperidine rings is 1. The Morgan fingerprint density at radius 1 is 0.818 bits per heavy atom. The summed E-state index contributed by atoms with van der Waals surface area (Å²) in [7, 11) is -3.63. The molecule has 3 aromatic rings. The summed E-state index contributed by atoms with van der Waals surface area (Å²) in [6, 6.07) is 24.7. The van der Waals surface area contributed by atoms with Crippen LogP contribution in [0.25, 0.3) is 0 Å². The van der Waals surface area contributed by atoms with Crippen LogP contribution in [0.1, 0.15) is 46.3 Å². The van der Waals surface area contributed by atoms with E-state index < -0.39 is 10.0 Å². The molecule has 5 nitrogen and oxygen atoms in total. The number of hydrogen-bond donors (Lipinski definition) is 0. The number of rotatable bonds is 7. The summed E-state index contributed by atoms with van der Waals surface area (Å²) < 4.78 is 28.2. The molecule has 0 saturated carbocycles. The monoisotopic (exact) mass is 462 g/mol. The molecule has 1 fully saturated rings. The Morgan fingerprint density at radius 2 is 1.36 bits per heavy atom. The Morgan fingerprint density at radius 3 is 1.91 bits per heavy atom. The number of amides is 1. The Balaban J connectivity index is 1.66. The fourth-order valence-corrected chi connectivity index (χ4v) is 6.01. The van der Waals surface area contributed by atoms with Gasteiger partial charge >= 0.3 is 0 Å². The van der Waals surface area contributed by atoms with Crippen molar-refractivity contribution in [3.8, 4) is 0 Å². The molecule has 1 amide bonds. The van der Waals surface area contributed by atoms with E-state index in [2.05, 4.69) is 0 Å². The lowest BCUT2D eigenvalue weighted by Crippen LogP contribution is -2.36. The maximum absolute atomic E-state index is 13.6. The van der Waals surface area contributed by atoms with Crippen molar-refractivity contribution in [1.82, 2.24) is 9.21 Å². The van der Waals surface area contributed by atoms with Crippen LogP contribution in [-0.2, 0) is 23.1 Å². The third-order valence-electron chi connectivity index (χ3n) is 6.09. The van der Waals surface area contributed by atoms with Gasteiger partial charge in [-0.15, -0.1) is 0 Å². The van der Waals surface area contributed by atoms with Crippen molar-refractivity contribution in [1.29, 1.82) is 0 Å². The molecule has 0 aliphatic carbocycles. The highest BCUT2D eigenvalue weighted by molar-refractivity contribution is 7.89. The van der Waals surface area contributed by atoms with Crippen LogP contribution in [0.4, 0.5) is 0 Å². The number of carbonyl (C=O) groups is 1. The molecule has 0 aromatic heterocycles. The topological polar surface area (TPSA) is 57.7 Å². The number of nitrogens with zero attached hydrogens (tertiary/aromatic N) is 2. The summed E-state index contributed by atoms with van der Waals surface area (Å²) in [5.41, 5.74) is 3.10. The summed E-state index contributed by atoms with van der Waals surface area (Å²) in [4.78, 5) is 15.6. The Kier molecular flexibility index (Phi) is 7.26. The van der Waals surface area contributed by atoms with Gasteiger partial charge in [0.2, 0.25) is 10.0 Å². The van der Waals surface area contributed by atoms with E-state index in [-0.39, 0.29) is 10.8 Å². The summed E-state index contributed by atoms with van der Waals surface area (Å²) in [6.45, 7) is 3.74. The van der Waals surface area contributed by atoms with Gasteiger partial charge in [-0.25, -0.2) is 8.42 Å². The summed E-state index contributed by atoms with van der Waals surface area (Å²) in [5.74, 6) is -0.183. The van der Waals surface area contributed by atoms with Crippen LogP contribution in [0, 0.1) is 6.92 Å². The van der Waals surface area contributed by atoms with E-state index >= 15 is 0 Å². The van der Waals surface area contributed by atoms with Crippen molar-refractivity contribution in [3.05, 3.63) is 101 Å². The lowest BCUT2D eigenvalue weighted by molar-refractivity contribution is 0.0729. The van der Waals surface area contributed by atoms with Crippen LogP contribution < -0.4 is 0 Å². The number of carbonyl (C=O) groups excluding carboxylic acids is 1. The molecule has 0 radical (unpaired) electrons. The Bertz CT molecular complexity index is 1150. The lowest BCUT2D eigenvalue weighted by atomic mass is 10.1. The molecular formula is C27H30N2O3S. The van der Waals surface area contributed by atoms with Crippen LogP contribution in [-0.4, -0.2) is 36.6 Å². The summed E-state index contributed by atoms with van der Waals surface area (Å²) in [5, 5.41) is 0. The molecule has 4 rings (SSSR count). The summed E-state index contributed by atoms with van der Waals surface area (Å²) >= 11 is 0. The molecule has 1 saturated heterocycles. The van der Waals surface area contributed by atoms with E-state index in [1.54, 1.807) is 34.3 Å². The minimum absolute atomic E-state index is 0.183. The van der Waals surface area contributed by atoms with Crippen molar-refractivity contribution in [2.24, 2.45) is 0 Å². The lowest BCUT2D eigenvalue weighted by Gasteiger charge is -2.27. The van der Waals surface area contributed by atoms with E-state index in [0.29, 0.717) is 37.3 Å². The maximum atomic E-state index is 13.6. The zero-order valence-electron chi connectivity index (χ0n) is 19.0. The zero-order chi connectivity index (χ0) is 23.3. The molecule has 0 bridgehead atoms. The average molecular weight is 463 g/mol. The van der Waals surface area contributed by atoms with Crippen LogP contribution >= 0.6 is 0 Å². The molecule has 0 N–H and O–H groups in total. The molecular weight excluding hydrogens is 432 g/mol. The van der Waals surface area contributed by atoms with Gasteiger partial charge < -0.3 is 4.90 Å². The van der Waals surface area contributed by atoms with E-state index in [1.807, 2.05) is 60.7 Å². The van der Waals surface area contributed by atoms with Gasteiger partial charge in [0.05, 0.1) is 4.90 Å². The molecule has 1 aliphatic heterocycles. The highest BCUT2D eigenvalue weighted by Gasteiger charge is 2.28. The minimum atomic E-state index is -3.63. The first-order valence-electron chi connectivity index (χ1n) is 11.4. The molecule has 33 heavy (non-hydrogen) atoms. The molecule has 3 aromatic carbocycles. The van der Waals surface area contributed by atoms with Crippen molar-refractivity contribution in [3.63, 3.8) is 0 Å². The Labute approximate surface area is 196 Å². The van der Waals surface area contributed by atoms with Gasteiger partial charge in [0.15, 0.2) is 0 Å². The third-order valence-corrected chi connectivity index (χ3v) is 8.13. The van der Waals surface area contributed by atoms with Crippen LogP contribution in [0.15, 0.2) is 83.8 Å². The maximum Gasteiger partial charge on any atom is 0.254 e. The zero-order valence-corrected chi connectivity index (χ0v) is 19.8. The van der Waals surface area contributed by atoms with Crippen LogP contribution in [0.5, 0.6) is 0 Å². The number of aryl methyl sites for hydroxylation is 1. The first-order chi connectivity index (χ1) is 15.9. The van der Waals surface area contributed by atoms with Gasteiger partial charge in [-0.2, -0.15) is 4.31 Å². The van der Waals surface area contributed by atoms with Crippen molar-refractivity contribution >= 4 is 15.9 Å². The minimum Gasteiger partial charge on any atom is -0.330 e. The predicted octanol–water partition coefficient (Wildman–Crippen LogP) is 5.01. The summed E-state index contributed by atoms with van der Waals surface area (Å²) in [6.07, 6.45) is 2.80. The van der Waals surface area contributed by atoms with Crippen molar-refractivity contribution < 1.29 is 13.2 Å². The van der Waals surface area contributed by atoms with Gasteiger partial charge in [0.25, 0.3) is 5.91 Å². The van der Waals surface area contributed by atoms with Crippen molar-refractivity contribution in [2.75, 3.05) is 13.1 Å². The van der Waals surface area contributed by atoms with Crippen LogP contribution in [0.2, 0.25) is 0 Å². The van der Waals surface area contributed by atoms with Gasteiger partial charge in [0, 0.05) is 31.7 Å². The molecule has 172 valence electrons. The Hall–Kier alpha value is -2.96. The predicted molar refractivity (Wildman–Crippen MR) is 130 cm³/mol. The standard InChI is InChI=1S/C27H30N2O3S/c1-22-15-16-25(19-26(22)33(31,32)29-17-9-4-10-18-29)27(30)28(20-23-11-5-2-6-12-23)21-24-13-7-3-8-14-24/h2-3,5-8,11-16,19H,4,9-10,17-18,20-21H2,1H3. The molecule has 6 heteroatoms. The van der Waals surface area contributed by atoms with Gasteiger partial charge in [0.1, 0.15) is 0 Å². The second kappa shape index (κ2) is 10.3. The van der Waals surface area contributed by atoms with Gasteiger partial charge in [-0.3, -0.25) is 4.79 Å². The quantitative estimate of drug-likeness (QED) is 0.496. The number of benzene rings is 3. The molecule has 1 heterocycles. The number of hydrogen-bond acceptors (Lipinski definition) is 3. The normalized spacial score (nSPS) is 14.7.